The third-order valence-electron chi connectivity index (χ3n) is 6.25. The molecule has 0 atom stereocenters. The number of benzene rings is 2. The van der Waals surface area contributed by atoms with Gasteiger partial charge in [0, 0.05) is 13.2 Å². The predicted molar refractivity (Wildman–Crippen MR) is 136 cm³/mol. The third-order valence-corrected chi connectivity index (χ3v) is 6.25. The Morgan fingerprint density at radius 3 is 2.54 bits per heavy atom. The van der Waals surface area contributed by atoms with Gasteiger partial charge in [0.2, 0.25) is 5.88 Å². The van der Waals surface area contributed by atoms with E-state index in [4.69, 9.17) is 9.72 Å². The molecular weight excluding hydrogens is 438 g/mol. The zero-order valence-corrected chi connectivity index (χ0v) is 19.9. The van der Waals surface area contributed by atoms with Gasteiger partial charge in [0.1, 0.15) is 23.0 Å². The molecular formula is C28H23N5O2. The fourth-order valence-corrected chi connectivity index (χ4v) is 4.11. The molecule has 5 aromatic rings. The number of hydrogen-bond acceptors (Lipinski definition) is 5. The van der Waals surface area contributed by atoms with Gasteiger partial charge in [-0.2, -0.15) is 10.2 Å². The number of imidazole rings is 1. The molecule has 0 aliphatic heterocycles. The first kappa shape index (κ1) is 22.1. The minimum absolute atomic E-state index is 0.143. The van der Waals surface area contributed by atoms with Crippen molar-refractivity contribution < 1.29 is 4.74 Å². The number of aryl methyl sites for hydroxylation is 3. The average Bonchev–Trinajstić information content (AvgIpc) is 3.19. The van der Waals surface area contributed by atoms with Crippen molar-refractivity contribution in [2.45, 2.75) is 20.8 Å². The Morgan fingerprint density at radius 1 is 1.00 bits per heavy atom. The van der Waals surface area contributed by atoms with Gasteiger partial charge in [0.25, 0.3) is 5.56 Å². The van der Waals surface area contributed by atoms with Gasteiger partial charge in [-0.1, -0.05) is 30.3 Å². The molecule has 3 heterocycles. The van der Waals surface area contributed by atoms with E-state index in [1.807, 2.05) is 80.9 Å². The maximum Gasteiger partial charge on any atom is 0.269 e. The number of allylic oxidation sites excluding steroid dienone is 1. The van der Waals surface area contributed by atoms with E-state index in [1.54, 1.807) is 12.3 Å². The molecule has 0 aliphatic rings. The molecule has 0 N–H and O–H groups in total. The molecule has 2 aromatic carbocycles. The van der Waals surface area contributed by atoms with Gasteiger partial charge in [-0.25, -0.2) is 4.98 Å². The highest BCUT2D eigenvalue weighted by Gasteiger charge is 2.19. The van der Waals surface area contributed by atoms with Crippen LogP contribution in [0.3, 0.4) is 0 Å². The lowest BCUT2D eigenvalue weighted by Gasteiger charge is -2.14. The quantitative estimate of drug-likeness (QED) is 0.336. The summed E-state index contributed by atoms with van der Waals surface area (Å²) in [6.07, 6.45) is 3.18. The number of aromatic nitrogens is 4. The lowest BCUT2D eigenvalue weighted by Crippen LogP contribution is -2.19. The van der Waals surface area contributed by atoms with Crippen molar-refractivity contribution in [1.29, 1.82) is 5.26 Å². The first-order chi connectivity index (χ1) is 16.9. The summed E-state index contributed by atoms with van der Waals surface area (Å²) < 4.78 is 9.54. The van der Waals surface area contributed by atoms with Crippen molar-refractivity contribution in [3.05, 3.63) is 99.2 Å². The molecule has 35 heavy (non-hydrogen) atoms. The van der Waals surface area contributed by atoms with E-state index < -0.39 is 0 Å². The van der Waals surface area contributed by atoms with Crippen LogP contribution in [0, 0.1) is 32.1 Å². The summed E-state index contributed by atoms with van der Waals surface area (Å²) in [7, 11) is 1.85. The molecule has 0 spiro atoms. The number of para-hydroxylation sites is 2. The summed E-state index contributed by atoms with van der Waals surface area (Å²) in [4.78, 5) is 23.0. The average molecular weight is 462 g/mol. The fraction of sp³-hybridized carbons (Fsp3) is 0.143. The van der Waals surface area contributed by atoms with Crippen LogP contribution >= 0.6 is 0 Å². The van der Waals surface area contributed by atoms with Crippen molar-refractivity contribution >= 4 is 28.3 Å². The van der Waals surface area contributed by atoms with Crippen LogP contribution in [0.4, 0.5) is 0 Å². The van der Waals surface area contributed by atoms with Crippen LogP contribution in [0.25, 0.3) is 28.3 Å². The van der Waals surface area contributed by atoms with Crippen LogP contribution in [0.2, 0.25) is 0 Å². The minimum atomic E-state index is -0.328. The van der Waals surface area contributed by atoms with Crippen molar-refractivity contribution in [3.63, 3.8) is 0 Å². The fourth-order valence-electron chi connectivity index (χ4n) is 4.11. The second kappa shape index (κ2) is 8.58. The molecule has 3 aromatic heterocycles. The van der Waals surface area contributed by atoms with Gasteiger partial charge in [0.05, 0.1) is 16.6 Å². The summed E-state index contributed by atoms with van der Waals surface area (Å²) in [5, 5.41) is 10.1. The molecule has 5 rings (SSSR count). The number of fused-ring (bicyclic) bond motifs is 2. The maximum atomic E-state index is 13.6. The highest BCUT2D eigenvalue weighted by atomic mass is 16.5. The van der Waals surface area contributed by atoms with E-state index in [2.05, 4.69) is 11.1 Å². The molecule has 0 saturated heterocycles. The van der Waals surface area contributed by atoms with Crippen molar-refractivity contribution in [1.82, 2.24) is 18.9 Å². The van der Waals surface area contributed by atoms with Gasteiger partial charge in [-0.15, -0.1) is 0 Å². The molecule has 0 aliphatic carbocycles. The van der Waals surface area contributed by atoms with Crippen LogP contribution in [0.1, 0.15) is 28.1 Å². The molecule has 0 fully saturated rings. The van der Waals surface area contributed by atoms with E-state index in [-0.39, 0.29) is 22.6 Å². The monoisotopic (exact) mass is 461 g/mol. The highest BCUT2D eigenvalue weighted by molar-refractivity contribution is 5.91. The summed E-state index contributed by atoms with van der Waals surface area (Å²) in [6.45, 7) is 5.84. The number of rotatable bonds is 4. The summed E-state index contributed by atoms with van der Waals surface area (Å²) >= 11 is 0. The molecule has 0 bridgehead atoms. The van der Waals surface area contributed by atoms with Crippen LogP contribution in [-0.2, 0) is 7.05 Å². The van der Waals surface area contributed by atoms with Crippen LogP contribution in [0.15, 0.2) is 65.6 Å². The summed E-state index contributed by atoms with van der Waals surface area (Å²) in [5.74, 6) is 1.20. The lowest BCUT2D eigenvalue weighted by atomic mass is 10.1. The van der Waals surface area contributed by atoms with Crippen molar-refractivity contribution in [2.75, 3.05) is 0 Å². The molecule has 0 saturated carbocycles. The molecule has 7 nitrogen and oxygen atoms in total. The van der Waals surface area contributed by atoms with Gasteiger partial charge in [-0.3, -0.25) is 9.20 Å². The normalized spacial score (nSPS) is 11.7. The topological polar surface area (TPSA) is 85.2 Å². The largest absolute Gasteiger partial charge is 0.438 e. The van der Waals surface area contributed by atoms with E-state index in [1.165, 1.54) is 10.5 Å². The third kappa shape index (κ3) is 3.75. The Bertz CT molecular complexity index is 1750. The molecule has 172 valence electrons. The van der Waals surface area contributed by atoms with Crippen LogP contribution in [0.5, 0.6) is 11.6 Å². The van der Waals surface area contributed by atoms with E-state index in [0.29, 0.717) is 17.2 Å². The first-order valence-corrected chi connectivity index (χ1v) is 11.2. The summed E-state index contributed by atoms with van der Waals surface area (Å²) in [6, 6.07) is 19.3. The Kier molecular flexibility index (Phi) is 5.42. The van der Waals surface area contributed by atoms with E-state index in [0.717, 1.165) is 27.7 Å². The van der Waals surface area contributed by atoms with Crippen LogP contribution in [-0.4, -0.2) is 18.9 Å². The van der Waals surface area contributed by atoms with Crippen molar-refractivity contribution in [2.24, 2.45) is 7.05 Å². The van der Waals surface area contributed by atoms with Gasteiger partial charge < -0.3 is 9.30 Å². The van der Waals surface area contributed by atoms with Crippen LogP contribution < -0.4 is 10.3 Å². The van der Waals surface area contributed by atoms with Crippen molar-refractivity contribution in [3.8, 4) is 17.7 Å². The van der Waals surface area contributed by atoms with Gasteiger partial charge >= 0.3 is 0 Å². The number of nitriles is 1. The number of hydrogen-bond donors (Lipinski definition) is 0. The Labute approximate surface area is 202 Å². The Hall–Kier alpha value is -4.70. The number of nitrogens with zero attached hydrogens (tertiary/aromatic N) is 5. The standard InChI is InChI=1S/C28H23N5O2/c1-17-9-7-13-24(19(17)3)35-27-21(28(34)33-14-8-10-18(2)25(33)31-27)15-20(16-29)26-30-22-11-5-6-12-23(22)32(26)4/h5-15H,1-4H3/b20-15+. The zero-order chi connectivity index (χ0) is 24.7. The molecule has 7 heteroatoms. The Balaban J connectivity index is 1.77. The molecule has 0 amide bonds. The summed E-state index contributed by atoms with van der Waals surface area (Å²) in [5.41, 5.74) is 5.08. The lowest BCUT2D eigenvalue weighted by molar-refractivity contribution is 0.457. The first-order valence-electron chi connectivity index (χ1n) is 11.2. The maximum absolute atomic E-state index is 13.6. The van der Waals surface area contributed by atoms with E-state index >= 15 is 0 Å². The SMILES string of the molecule is Cc1cccc(Oc2nc3c(C)cccn3c(=O)c2/C=C(\C#N)c2nc3ccccc3n2C)c1C. The zero-order valence-electron chi connectivity index (χ0n) is 19.9. The second-order valence-corrected chi connectivity index (χ2v) is 8.47. The molecule has 0 radical (unpaired) electrons. The predicted octanol–water partition coefficient (Wildman–Crippen LogP) is 5.36. The molecule has 0 unspecified atom stereocenters. The smallest absolute Gasteiger partial charge is 0.269 e. The number of ether oxygens (including phenoxy) is 1. The highest BCUT2D eigenvalue weighted by Crippen LogP contribution is 2.30. The van der Waals surface area contributed by atoms with E-state index in [9.17, 15) is 10.1 Å². The minimum Gasteiger partial charge on any atom is -0.438 e. The van der Waals surface area contributed by atoms with Gasteiger partial charge in [0.15, 0.2) is 5.82 Å². The second-order valence-electron chi connectivity index (χ2n) is 8.47. The Morgan fingerprint density at radius 2 is 1.77 bits per heavy atom. The van der Waals surface area contributed by atoms with Gasteiger partial charge in [-0.05, 0) is 67.8 Å². The number of pyridine rings is 1.